The number of carbonyl (C=O) groups is 1. The summed E-state index contributed by atoms with van der Waals surface area (Å²) in [5.74, 6) is 0.786. The number of nitrogens with one attached hydrogen (secondary N) is 1. The lowest BCUT2D eigenvalue weighted by Crippen LogP contribution is -2.53. The van der Waals surface area contributed by atoms with Crippen LogP contribution in [0.15, 0.2) is 36.5 Å². The second-order valence-electron chi connectivity index (χ2n) is 6.23. The van der Waals surface area contributed by atoms with Crippen LogP contribution < -0.4 is 14.4 Å². The predicted molar refractivity (Wildman–Crippen MR) is 97.3 cm³/mol. The Bertz CT molecular complexity index is 894. The van der Waals surface area contributed by atoms with Gasteiger partial charge in [-0.25, -0.2) is 13.1 Å². The molecule has 1 saturated heterocycles. The minimum atomic E-state index is -3.67. The van der Waals surface area contributed by atoms with Gasteiger partial charge in [-0.3, -0.25) is 14.4 Å². The van der Waals surface area contributed by atoms with Crippen LogP contribution >= 0.6 is 0 Å². The molecule has 1 atom stereocenters. The maximum absolute atomic E-state index is 12.7. The summed E-state index contributed by atoms with van der Waals surface area (Å²) in [7, 11) is -0.393. The van der Waals surface area contributed by atoms with Crippen LogP contribution in [-0.2, 0) is 27.6 Å². The van der Waals surface area contributed by atoms with Gasteiger partial charge in [-0.2, -0.15) is 5.10 Å². The molecule has 2 heterocycles. The van der Waals surface area contributed by atoms with Crippen molar-refractivity contribution in [3.05, 3.63) is 42.1 Å². The van der Waals surface area contributed by atoms with Gasteiger partial charge in [0.15, 0.2) is 0 Å². The lowest BCUT2D eigenvalue weighted by atomic mass is 10.1. The van der Waals surface area contributed by atoms with Gasteiger partial charge in [-0.15, -0.1) is 0 Å². The number of piperidine rings is 1. The van der Waals surface area contributed by atoms with Crippen LogP contribution in [0.25, 0.3) is 0 Å². The number of methoxy groups -OCH3 is 1. The number of hydrogen-bond donors (Lipinski definition) is 1. The van der Waals surface area contributed by atoms with Gasteiger partial charge < -0.3 is 4.74 Å². The highest BCUT2D eigenvalue weighted by Gasteiger charge is 2.33. The Morgan fingerprint density at radius 1 is 1.35 bits per heavy atom. The van der Waals surface area contributed by atoms with E-state index in [0.717, 1.165) is 0 Å². The molecule has 0 saturated carbocycles. The molecular formula is C17H22N4O4S. The number of benzene rings is 1. The molecule has 0 unspecified atom stereocenters. The van der Waals surface area contributed by atoms with Crippen molar-refractivity contribution in [1.29, 1.82) is 0 Å². The predicted octanol–water partition coefficient (Wildman–Crippen LogP) is 1.04. The zero-order valence-electron chi connectivity index (χ0n) is 14.8. The van der Waals surface area contributed by atoms with Crippen molar-refractivity contribution in [3.8, 4) is 5.75 Å². The first-order chi connectivity index (χ1) is 12.4. The fourth-order valence-corrected chi connectivity index (χ4v) is 4.44. The minimum absolute atomic E-state index is 0.209. The molecule has 1 fully saturated rings. The fourth-order valence-electron chi connectivity index (χ4n) is 3.08. The molecule has 2 aromatic rings. The number of ether oxygens (including phenoxy) is 1. The van der Waals surface area contributed by atoms with E-state index >= 15 is 0 Å². The zero-order valence-corrected chi connectivity index (χ0v) is 15.6. The first kappa shape index (κ1) is 18.4. The van der Waals surface area contributed by atoms with E-state index in [1.165, 1.54) is 7.11 Å². The van der Waals surface area contributed by atoms with Crippen molar-refractivity contribution in [2.45, 2.75) is 24.6 Å². The molecule has 1 N–H and O–H groups in total. The molecule has 3 rings (SSSR count). The van der Waals surface area contributed by atoms with Crippen molar-refractivity contribution in [1.82, 2.24) is 14.5 Å². The number of hydrogen-bond acceptors (Lipinski definition) is 5. The SMILES string of the molecule is COc1cccc(CS(=O)(=O)N[C@H]2CCCN(c3ccnn3C)C2=O)c1. The Hall–Kier alpha value is -2.39. The Morgan fingerprint density at radius 2 is 2.15 bits per heavy atom. The first-order valence-corrected chi connectivity index (χ1v) is 9.97. The number of nitrogens with zero attached hydrogens (tertiary/aromatic N) is 3. The average molecular weight is 378 g/mol. The van der Waals surface area contributed by atoms with E-state index in [-0.39, 0.29) is 11.7 Å². The van der Waals surface area contributed by atoms with Crippen molar-refractivity contribution >= 4 is 21.7 Å². The van der Waals surface area contributed by atoms with E-state index in [4.69, 9.17) is 4.74 Å². The molecule has 9 heteroatoms. The van der Waals surface area contributed by atoms with Gasteiger partial charge in [0.1, 0.15) is 17.6 Å². The van der Waals surface area contributed by atoms with Crippen LogP contribution in [-0.4, -0.2) is 43.8 Å². The topological polar surface area (TPSA) is 93.5 Å². The number of amides is 1. The standard InChI is InChI=1S/C17H22N4O4S/c1-20-16(8-9-18-20)21-10-4-7-15(17(21)22)19-26(23,24)12-13-5-3-6-14(11-13)25-2/h3,5-6,8-9,11,15,19H,4,7,10,12H2,1-2H3/t15-/m0/s1. The zero-order chi connectivity index (χ0) is 18.7. The lowest BCUT2D eigenvalue weighted by molar-refractivity contribution is -0.121. The first-order valence-electron chi connectivity index (χ1n) is 8.32. The average Bonchev–Trinajstić information content (AvgIpc) is 3.02. The number of anilines is 1. The number of aromatic nitrogens is 2. The van der Waals surface area contributed by atoms with E-state index < -0.39 is 16.1 Å². The maximum atomic E-state index is 12.7. The van der Waals surface area contributed by atoms with E-state index in [9.17, 15) is 13.2 Å². The van der Waals surface area contributed by atoms with Crippen LogP contribution in [0, 0.1) is 0 Å². The summed E-state index contributed by atoms with van der Waals surface area (Å²) in [6.45, 7) is 0.548. The van der Waals surface area contributed by atoms with Crippen LogP contribution in [0.3, 0.4) is 0 Å². The number of rotatable bonds is 6. The lowest BCUT2D eigenvalue weighted by Gasteiger charge is -2.32. The molecule has 1 aromatic heterocycles. The molecule has 1 amide bonds. The van der Waals surface area contributed by atoms with Crippen molar-refractivity contribution in [2.75, 3.05) is 18.6 Å². The van der Waals surface area contributed by atoms with Gasteiger partial charge in [0.05, 0.1) is 19.1 Å². The normalized spacial score (nSPS) is 18.2. The molecule has 26 heavy (non-hydrogen) atoms. The highest BCUT2D eigenvalue weighted by molar-refractivity contribution is 7.88. The summed E-state index contributed by atoms with van der Waals surface area (Å²) in [6, 6.07) is 7.84. The van der Waals surface area contributed by atoms with Gasteiger partial charge in [0, 0.05) is 19.7 Å². The van der Waals surface area contributed by atoms with Gasteiger partial charge >= 0.3 is 0 Å². The smallest absolute Gasteiger partial charge is 0.246 e. The van der Waals surface area contributed by atoms with Crippen LogP contribution in [0.5, 0.6) is 5.75 Å². The molecule has 0 radical (unpaired) electrons. The molecule has 0 aliphatic carbocycles. The Morgan fingerprint density at radius 3 is 2.85 bits per heavy atom. The number of aryl methyl sites for hydroxylation is 1. The third-order valence-corrected chi connectivity index (χ3v) is 5.68. The van der Waals surface area contributed by atoms with E-state index in [0.29, 0.717) is 36.5 Å². The Kier molecular flexibility index (Phi) is 5.28. The summed E-state index contributed by atoms with van der Waals surface area (Å²) in [5, 5.41) is 4.07. The van der Waals surface area contributed by atoms with E-state index in [2.05, 4.69) is 9.82 Å². The molecule has 1 aliphatic rings. The van der Waals surface area contributed by atoms with Crippen molar-refractivity contribution in [2.24, 2.45) is 7.05 Å². The molecule has 140 valence electrons. The molecule has 1 aliphatic heterocycles. The maximum Gasteiger partial charge on any atom is 0.246 e. The monoisotopic (exact) mass is 378 g/mol. The Balaban J connectivity index is 1.72. The van der Waals surface area contributed by atoms with Crippen LogP contribution in [0.1, 0.15) is 18.4 Å². The van der Waals surface area contributed by atoms with E-state index in [1.54, 1.807) is 53.2 Å². The number of carbonyl (C=O) groups excluding carboxylic acids is 1. The summed E-state index contributed by atoms with van der Waals surface area (Å²) in [5.41, 5.74) is 0.601. The quantitative estimate of drug-likeness (QED) is 0.811. The molecule has 0 bridgehead atoms. The van der Waals surface area contributed by atoms with Gasteiger partial charge in [0.2, 0.25) is 15.9 Å². The molecule has 1 aromatic carbocycles. The van der Waals surface area contributed by atoms with Crippen molar-refractivity contribution < 1.29 is 17.9 Å². The second-order valence-corrected chi connectivity index (χ2v) is 7.98. The van der Waals surface area contributed by atoms with Gasteiger partial charge in [0.25, 0.3) is 0 Å². The summed E-state index contributed by atoms with van der Waals surface area (Å²) in [6.07, 6.45) is 2.80. The summed E-state index contributed by atoms with van der Waals surface area (Å²) in [4.78, 5) is 14.3. The second kappa shape index (κ2) is 7.46. The van der Waals surface area contributed by atoms with Gasteiger partial charge in [-0.05, 0) is 30.5 Å². The van der Waals surface area contributed by atoms with Crippen molar-refractivity contribution in [3.63, 3.8) is 0 Å². The minimum Gasteiger partial charge on any atom is -0.497 e. The number of sulfonamides is 1. The highest BCUT2D eigenvalue weighted by atomic mass is 32.2. The summed E-state index contributed by atoms with van der Waals surface area (Å²) >= 11 is 0. The highest BCUT2D eigenvalue weighted by Crippen LogP contribution is 2.21. The van der Waals surface area contributed by atoms with Crippen LogP contribution in [0.4, 0.5) is 5.82 Å². The molecule has 0 spiro atoms. The third kappa shape index (κ3) is 4.05. The molecular weight excluding hydrogens is 356 g/mol. The fraction of sp³-hybridized carbons (Fsp3) is 0.412. The third-order valence-electron chi connectivity index (χ3n) is 4.32. The summed E-state index contributed by atoms with van der Waals surface area (Å²) < 4.78 is 34.3. The van der Waals surface area contributed by atoms with E-state index in [1.807, 2.05) is 0 Å². The van der Waals surface area contributed by atoms with Gasteiger partial charge in [-0.1, -0.05) is 12.1 Å². The van der Waals surface area contributed by atoms with Crippen LogP contribution in [0.2, 0.25) is 0 Å². The Labute approximate surface area is 152 Å². The largest absolute Gasteiger partial charge is 0.497 e. The molecule has 8 nitrogen and oxygen atoms in total.